The normalized spacial score (nSPS) is 17.7. The van der Waals surface area contributed by atoms with Crippen LogP contribution >= 0.6 is 0 Å². The third-order valence-corrected chi connectivity index (χ3v) is 3.86. The fourth-order valence-electron chi connectivity index (χ4n) is 2.72. The standard InChI is InChI=1S/C16H17N3O5/c20-14-9-13(17-19(14)11-4-2-1-3-5-11)16(23)18-6-7-24-10-12(18)8-15(21)22/h1-5,9,12,17H,6-8,10H2,(H,21,22). The Kier molecular flexibility index (Phi) is 4.48. The van der Waals surface area contributed by atoms with E-state index >= 15 is 0 Å². The number of H-pyrrole nitrogens is 1. The number of nitrogens with one attached hydrogen (secondary N) is 1. The number of carbonyl (C=O) groups is 2. The number of hydrogen-bond donors (Lipinski definition) is 2. The van der Waals surface area contributed by atoms with Crippen LogP contribution in [0.2, 0.25) is 0 Å². The zero-order valence-corrected chi connectivity index (χ0v) is 12.8. The molecule has 1 aliphatic heterocycles. The molecule has 24 heavy (non-hydrogen) atoms. The Bertz CT molecular complexity index is 796. The van der Waals surface area contributed by atoms with Crippen molar-refractivity contribution < 1.29 is 19.4 Å². The van der Waals surface area contributed by atoms with E-state index in [0.717, 1.165) is 0 Å². The molecule has 1 fully saturated rings. The van der Waals surface area contributed by atoms with Gasteiger partial charge in [-0.25, -0.2) is 4.68 Å². The number of aliphatic carboxylic acids is 1. The van der Waals surface area contributed by atoms with E-state index in [1.807, 2.05) is 6.07 Å². The van der Waals surface area contributed by atoms with Gasteiger partial charge in [-0.3, -0.25) is 19.5 Å². The number of hydrogen-bond acceptors (Lipinski definition) is 4. The second-order valence-corrected chi connectivity index (χ2v) is 5.50. The van der Waals surface area contributed by atoms with E-state index in [9.17, 15) is 14.4 Å². The van der Waals surface area contributed by atoms with Gasteiger partial charge in [0.05, 0.1) is 31.4 Å². The van der Waals surface area contributed by atoms with Crippen LogP contribution in [0.25, 0.3) is 5.69 Å². The second kappa shape index (κ2) is 6.71. The van der Waals surface area contributed by atoms with Crippen molar-refractivity contribution in [1.29, 1.82) is 0 Å². The lowest BCUT2D eigenvalue weighted by Crippen LogP contribution is -2.49. The van der Waals surface area contributed by atoms with E-state index in [1.165, 1.54) is 15.6 Å². The quantitative estimate of drug-likeness (QED) is 0.848. The van der Waals surface area contributed by atoms with E-state index in [1.54, 1.807) is 24.3 Å². The van der Waals surface area contributed by atoms with E-state index in [4.69, 9.17) is 9.84 Å². The molecule has 0 bridgehead atoms. The van der Waals surface area contributed by atoms with Crippen LogP contribution in [0.15, 0.2) is 41.2 Å². The Morgan fingerprint density at radius 3 is 2.75 bits per heavy atom. The van der Waals surface area contributed by atoms with E-state index in [-0.39, 0.29) is 30.8 Å². The summed E-state index contributed by atoms with van der Waals surface area (Å²) in [6.45, 7) is 0.794. The number of carbonyl (C=O) groups excluding carboxylic acids is 1. The molecular weight excluding hydrogens is 314 g/mol. The highest BCUT2D eigenvalue weighted by atomic mass is 16.5. The Morgan fingerprint density at radius 1 is 1.29 bits per heavy atom. The summed E-state index contributed by atoms with van der Waals surface area (Å²) in [6, 6.07) is 9.56. The molecule has 1 atom stereocenters. The van der Waals surface area contributed by atoms with Crippen LogP contribution in [0, 0.1) is 0 Å². The number of para-hydroxylation sites is 1. The van der Waals surface area contributed by atoms with Crippen molar-refractivity contribution in [2.75, 3.05) is 19.8 Å². The van der Waals surface area contributed by atoms with E-state index in [0.29, 0.717) is 12.3 Å². The summed E-state index contributed by atoms with van der Waals surface area (Å²) in [6.07, 6.45) is -0.199. The van der Waals surface area contributed by atoms with Crippen LogP contribution in [-0.4, -0.2) is 57.5 Å². The van der Waals surface area contributed by atoms with Crippen molar-refractivity contribution in [3.8, 4) is 5.69 Å². The molecule has 1 amide bonds. The number of aromatic amines is 1. The molecule has 0 spiro atoms. The first-order chi connectivity index (χ1) is 11.6. The average Bonchev–Trinajstić information content (AvgIpc) is 2.97. The lowest BCUT2D eigenvalue weighted by atomic mass is 10.1. The predicted octanol–water partition coefficient (Wildman–Crippen LogP) is 0.481. The number of aromatic nitrogens is 2. The molecule has 3 rings (SSSR count). The average molecular weight is 331 g/mol. The molecule has 1 aromatic carbocycles. The van der Waals surface area contributed by atoms with Crippen LogP contribution in [0.3, 0.4) is 0 Å². The first kappa shape index (κ1) is 16.0. The van der Waals surface area contributed by atoms with Crippen molar-refractivity contribution in [3.63, 3.8) is 0 Å². The van der Waals surface area contributed by atoms with E-state index < -0.39 is 17.9 Å². The topological polar surface area (TPSA) is 105 Å². The van der Waals surface area contributed by atoms with Gasteiger partial charge in [-0.2, -0.15) is 0 Å². The summed E-state index contributed by atoms with van der Waals surface area (Å²) >= 11 is 0. The number of ether oxygens (including phenoxy) is 1. The molecule has 1 aromatic heterocycles. The number of rotatable bonds is 4. The monoisotopic (exact) mass is 331 g/mol. The highest BCUT2D eigenvalue weighted by Gasteiger charge is 2.31. The van der Waals surface area contributed by atoms with Gasteiger partial charge in [0.2, 0.25) is 0 Å². The van der Waals surface area contributed by atoms with Crippen molar-refractivity contribution in [3.05, 3.63) is 52.4 Å². The summed E-state index contributed by atoms with van der Waals surface area (Å²) in [5, 5.41) is 11.8. The number of carboxylic acid groups (broad SMARTS) is 1. The molecule has 0 aliphatic carbocycles. The smallest absolute Gasteiger partial charge is 0.305 e. The summed E-state index contributed by atoms with van der Waals surface area (Å²) in [5.74, 6) is -1.41. The molecule has 2 N–H and O–H groups in total. The zero-order valence-electron chi connectivity index (χ0n) is 12.8. The van der Waals surface area contributed by atoms with Crippen LogP contribution in [0.5, 0.6) is 0 Å². The van der Waals surface area contributed by atoms with Crippen molar-refractivity contribution in [1.82, 2.24) is 14.7 Å². The molecule has 2 aromatic rings. The first-order valence-corrected chi connectivity index (χ1v) is 7.54. The van der Waals surface area contributed by atoms with Gasteiger partial charge in [0.25, 0.3) is 11.5 Å². The van der Waals surface area contributed by atoms with Gasteiger partial charge in [0.1, 0.15) is 5.69 Å². The number of morpholine rings is 1. The lowest BCUT2D eigenvalue weighted by molar-refractivity contribution is -0.139. The molecule has 126 valence electrons. The minimum atomic E-state index is -1.00. The third kappa shape index (κ3) is 3.23. The first-order valence-electron chi connectivity index (χ1n) is 7.54. The maximum atomic E-state index is 12.7. The molecule has 0 radical (unpaired) electrons. The van der Waals surface area contributed by atoms with Gasteiger partial charge in [0.15, 0.2) is 0 Å². The molecule has 2 heterocycles. The molecule has 1 unspecified atom stereocenters. The van der Waals surface area contributed by atoms with Gasteiger partial charge in [-0.05, 0) is 12.1 Å². The Hall–Kier alpha value is -2.87. The van der Waals surface area contributed by atoms with Crippen molar-refractivity contribution >= 4 is 11.9 Å². The van der Waals surface area contributed by atoms with Gasteiger partial charge >= 0.3 is 5.97 Å². The number of benzene rings is 1. The Morgan fingerprint density at radius 2 is 2.04 bits per heavy atom. The largest absolute Gasteiger partial charge is 0.481 e. The third-order valence-electron chi connectivity index (χ3n) is 3.86. The maximum absolute atomic E-state index is 12.7. The fraction of sp³-hybridized carbons (Fsp3) is 0.312. The molecule has 1 saturated heterocycles. The van der Waals surface area contributed by atoms with Gasteiger partial charge in [-0.1, -0.05) is 18.2 Å². The summed E-state index contributed by atoms with van der Waals surface area (Å²) in [7, 11) is 0. The van der Waals surface area contributed by atoms with Crippen LogP contribution < -0.4 is 5.56 Å². The summed E-state index contributed by atoms with van der Waals surface area (Å²) < 4.78 is 6.54. The predicted molar refractivity (Wildman–Crippen MR) is 84.3 cm³/mol. The molecule has 0 saturated carbocycles. The van der Waals surface area contributed by atoms with Gasteiger partial charge in [-0.15, -0.1) is 0 Å². The molecule has 1 aliphatic rings. The van der Waals surface area contributed by atoms with Gasteiger partial charge in [0, 0.05) is 12.6 Å². The highest BCUT2D eigenvalue weighted by Crippen LogP contribution is 2.14. The maximum Gasteiger partial charge on any atom is 0.305 e. The zero-order chi connectivity index (χ0) is 17.1. The van der Waals surface area contributed by atoms with E-state index in [2.05, 4.69) is 5.10 Å². The molecule has 8 heteroatoms. The Labute approximate surface area is 137 Å². The van der Waals surface area contributed by atoms with Crippen LogP contribution in [-0.2, 0) is 9.53 Å². The lowest BCUT2D eigenvalue weighted by Gasteiger charge is -2.34. The minimum absolute atomic E-state index is 0.126. The van der Waals surface area contributed by atoms with Crippen LogP contribution in [0.4, 0.5) is 0 Å². The van der Waals surface area contributed by atoms with Crippen LogP contribution in [0.1, 0.15) is 16.9 Å². The van der Waals surface area contributed by atoms with Crippen molar-refractivity contribution in [2.24, 2.45) is 0 Å². The number of nitrogens with zero attached hydrogens (tertiary/aromatic N) is 2. The summed E-state index contributed by atoms with van der Waals surface area (Å²) in [4.78, 5) is 37.2. The second-order valence-electron chi connectivity index (χ2n) is 5.50. The molecule has 8 nitrogen and oxygen atoms in total. The SMILES string of the molecule is O=C(O)CC1COCCN1C(=O)c1cc(=O)n(-c2ccccc2)[nH]1. The molecular formula is C16H17N3O5. The van der Waals surface area contributed by atoms with Gasteiger partial charge < -0.3 is 14.7 Å². The minimum Gasteiger partial charge on any atom is -0.481 e. The summed E-state index contributed by atoms with van der Waals surface area (Å²) in [5.41, 5.74) is 0.388. The van der Waals surface area contributed by atoms with Crippen molar-refractivity contribution in [2.45, 2.75) is 12.5 Å². The Balaban J connectivity index is 1.87. The number of carboxylic acids is 1. The fourth-order valence-corrected chi connectivity index (χ4v) is 2.72. The highest BCUT2D eigenvalue weighted by molar-refractivity contribution is 5.92. The number of amides is 1.